The molecule has 1 heterocycles. The van der Waals surface area contributed by atoms with Crippen LogP contribution in [0, 0.1) is 0 Å². The molecular formula is C53H39NO. The quantitative estimate of drug-likeness (QED) is 0.177. The fraction of sp³-hybridized carbons (Fsp3) is 0.0943. The Hall–Kier alpha value is -6.64. The zero-order chi connectivity index (χ0) is 36.7. The van der Waals surface area contributed by atoms with Crippen LogP contribution < -0.4 is 4.90 Å². The summed E-state index contributed by atoms with van der Waals surface area (Å²) in [4.78, 5) is 2.47. The summed E-state index contributed by atoms with van der Waals surface area (Å²) in [6, 6.07) is 62.4. The van der Waals surface area contributed by atoms with Gasteiger partial charge in [0, 0.05) is 33.1 Å². The van der Waals surface area contributed by atoms with Gasteiger partial charge in [0.1, 0.15) is 11.2 Å². The number of benzene rings is 8. The summed E-state index contributed by atoms with van der Waals surface area (Å²) in [5.41, 5.74) is 18.3. The molecule has 0 spiro atoms. The number of para-hydroxylation sites is 2. The third kappa shape index (κ3) is 4.95. The number of hydrogen-bond donors (Lipinski definition) is 0. The fourth-order valence-corrected chi connectivity index (χ4v) is 9.42. The van der Waals surface area contributed by atoms with E-state index in [1.807, 2.05) is 6.07 Å². The molecule has 55 heavy (non-hydrogen) atoms. The van der Waals surface area contributed by atoms with Crippen LogP contribution in [0.4, 0.5) is 17.1 Å². The molecule has 0 fully saturated rings. The van der Waals surface area contributed by atoms with E-state index in [9.17, 15) is 0 Å². The fourth-order valence-electron chi connectivity index (χ4n) is 9.42. The second-order valence-corrected chi connectivity index (χ2v) is 15.6. The molecule has 2 aliphatic rings. The average Bonchev–Trinajstić information content (AvgIpc) is 3.73. The van der Waals surface area contributed by atoms with Gasteiger partial charge in [0.2, 0.25) is 0 Å². The maximum atomic E-state index is 6.25. The highest BCUT2D eigenvalue weighted by molar-refractivity contribution is 6.19. The van der Waals surface area contributed by atoms with E-state index in [1.54, 1.807) is 0 Å². The first-order valence-corrected chi connectivity index (χ1v) is 19.4. The van der Waals surface area contributed by atoms with Gasteiger partial charge in [-0.2, -0.15) is 0 Å². The number of furan rings is 1. The molecular weight excluding hydrogens is 667 g/mol. The normalized spacial score (nSPS) is 14.1. The lowest BCUT2D eigenvalue weighted by Crippen LogP contribution is -2.17. The molecule has 0 radical (unpaired) electrons. The zero-order valence-electron chi connectivity index (χ0n) is 31.0. The van der Waals surface area contributed by atoms with Crippen molar-refractivity contribution in [1.29, 1.82) is 0 Å². The molecule has 8 aromatic carbocycles. The van der Waals surface area contributed by atoms with E-state index in [-0.39, 0.29) is 5.41 Å². The number of nitrogens with zero attached hydrogens (tertiary/aromatic N) is 1. The van der Waals surface area contributed by atoms with Gasteiger partial charge in [0.25, 0.3) is 0 Å². The minimum atomic E-state index is -0.108. The third-order valence-corrected chi connectivity index (χ3v) is 12.1. The SMILES string of the molecule is CC1(C)c2ccccc2-c2ccc(N(c3ccc(-c4ccc5ccc6oc7ccccc7c6c5c4)cc3)c3ccccc3C3=CCCc4ccccc43)cc21. The summed E-state index contributed by atoms with van der Waals surface area (Å²) in [6.07, 6.45) is 4.54. The van der Waals surface area contributed by atoms with Gasteiger partial charge in [-0.05, 0) is 122 Å². The number of allylic oxidation sites excluding steroid dienone is 1. The topological polar surface area (TPSA) is 16.4 Å². The molecule has 2 nitrogen and oxygen atoms in total. The van der Waals surface area contributed by atoms with Crippen LogP contribution >= 0.6 is 0 Å². The average molecular weight is 706 g/mol. The van der Waals surface area contributed by atoms with Crippen molar-refractivity contribution < 1.29 is 4.42 Å². The lowest BCUT2D eigenvalue weighted by molar-refractivity contribution is 0.660. The molecule has 1 aromatic heterocycles. The highest BCUT2D eigenvalue weighted by Gasteiger charge is 2.36. The van der Waals surface area contributed by atoms with Crippen LogP contribution in [0.5, 0.6) is 0 Å². The van der Waals surface area contributed by atoms with Crippen LogP contribution in [0.15, 0.2) is 180 Å². The molecule has 262 valence electrons. The monoisotopic (exact) mass is 705 g/mol. The molecule has 0 bridgehead atoms. The first kappa shape index (κ1) is 31.8. The first-order valence-electron chi connectivity index (χ1n) is 19.4. The van der Waals surface area contributed by atoms with Crippen LogP contribution in [-0.4, -0.2) is 0 Å². The maximum absolute atomic E-state index is 6.25. The highest BCUT2D eigenvalue weighted by atomic mass is 16.3. The third-order valence-electron chi connectivity index (χ3n) is 12.1. The Morgan fingerprint density at radius 3 is 2.09 bits per heavy atom. The Balaban J connectivity index is 1.07. The summed E-state index contributed by atoms with van der Waals surface area (Å²) < 4.78 is 6.25. The van der Waals surface area contributed by atoms with Crippen molar-refractivity contribution in [3.8, 4) is 22.3 Å². The standard InChI is InChI=1S/C53H39NO/c1-53(2)47-19-8-5-15-42(47)43-30-29-39(33-48(43)53)54(49-20-9-6-16-44(49)41-18-11-13-35-12-3-4-14-40(35)41)38-27-24-34(25-28-38)37-23-22-36-26-31-51-52(46(36)32-37)45-17-7-10-21-50(45)55-51/h3-10,12,14-33H,11,13H2,1-2H3. The molecule has 9 aromatic rings. The van der Waals surface area contributed by atoms with Crippen LogP contribution in [-0.2, 0) is 11.8 Å². The molecule has 11 rings (SSSR count). The second kappa shape index (κ2) is 12.2. The lowest BCUT2D eigenvalue weighted by Gasteiger charge is -2.31. The first-order chi connectivity index (χ1) is 27.0. The van der Waals surface area contributed by atoms with E-state index in [2.05, 4.69) is 189 Å². The lowest BCUT2D eigenvalue weighted by atomic mass is 9.82. The Morgan fingerprint density at radius 1 is 0.509 bits per heavy atom. The Bertz CT molecular complexity index is 3010. The van der Waals surface area contributed by atoms with Gasteiger partial charge in [-0.3, -0.25) is 0 Å². The van der Waals surface area contributed by atoms with E-state index >= 15 is 0 Å². The van der Waals surface area contributed by atoms with Gasteiger partial charge in [0.05, 0.1) is 5.69 Å². The van der Waals surface area contributed by atoms with Gasteiger partial charge < -0.3 is 9.32 Å². The van der Waals surface area contributed by atoms with Crippen molar-refractivity contribution in [2.75, 3.05) is 4.90 Å². The van der Waals surface area contributed by atoms with E-state index < -0.39 is 0 Å². The smallest absolute Gasteiger partial charge is 0.136 e. The Labute approximate surface area is 321 Å². The van der Waals surface area contributed by atoms with Crippen molar-refractivity contribution in [2.45, 2.75) is 32.1 Å². The number of hydrogen-bond acceptors (Lipinski definition) is 2. The van der Waals surface area contributed by atoms with Gasteiger partial charge in [-0.25, -0.2) is 0 Å². The van der Waals surface area contributed by atoms with Crippen LogP contribution in [0.1, 0.15) is 48.1 Å². The van der Waals surface area contributed by atoms with Crippen molar-refractivity contribution in [2.24, 2.45) is 0 Å². The molecule has 0 atom stereocenters. The van der Waals surface area contributed by atoms with E-state index in [0.29, 0.717) is 0 Å². The molecule has 0 N–H and O–H groups in total. The van der Waals surface area contributed by atoms with Crippen molar-refractivity contribution in [3.63, 3.8) is 0 Å². The van der Waals surface area contributed by atoms with Crippen LogP contribution in [0.25, 0.3) is 60.5 Å². The Morgan fingerprint density at radius 2 is 1.20 bits per heavy atom. The number of anilines is 3. The van der Waals surface area contributed by atoms with E-state index in [4.69, 9.17) is 4.42 Å². The highest BCUT2D eigenvalue weighted by Crippen LogP contribution is 2.51. The molecule has 0 saturated carbocycles. The Kier molecular flexibility index (Phi) is 7.06. The molecule has 0 aliphatic heterocycles. The van der Waals surface area contributed by atoms with E-state index in [1.165, 1.54) is 77.5 Å². The zero-order valence-corrected chi connectivity index (χ0v) is 31.0. The molecule has 0 amide bonds. The number of aryl methyl sites for hydroxylation is 1. The molecule has 0 saturated heterocycles. The minimum Gasteiger partial charge on any atom is -0.456 e. The molecule has 2 heteroatoms. The van der Waals surface area contributed by atoms with Crippen molar-refractivity contribution >= 4 is 55.3 Å². The van der Waals surface area contributed by atoms with Crippen molar-refractivity contribution in [1.82, 2.24) is 0 Å². The molecule has 2 aliphatic carbocycles. The van der Waals surface area contributed by atoms with Gasteiger partial charge in [-0.1, -0.05) is 141 Å². The summed E-state index contributed by atoms with van der Waals surface area (Å²) in [6.45, 7) is 4.73. The predicted octanol–water partition coefficient (Wildman–Crippen LogP) is 14.6. The summed E-state index contributed by atoms with van der Waals surface area (Å²) in [5.74, 6) is 0. The number of rotatable bonds is 5. The summed E-state index contributed by atoms with van der Waals surface area (Å²) in [5, 5.41) is 4.75. The van der Waals surface area contributed by atoms with Gasteiger partial charge in [0.15, 0.2) is 0 Å². The van der Waals surface area contributed by atoms with E-state index in [0.717, 1.165) is 40.8 Å². The largest absolute Gasteiger partial charge is 0.456 e. The number of fused-ring (bicyclic) bond motifs is 9. The second-order valence-electron chi connectivity index (χ2n) is 15.6. The predicted molar refractivity (Wildman–Crippen MR) is 231 cm³/mol. The maximum Gasteiger partial charge on any atom is 0.136 e. The van der Waals surface area contributed by atoms with Gasteiger partial charge >= 0.3 is 0 Å². The van der Waals surface area contributed by atoms with Crippen LogP contribution in [0.2, 0.25) is 0 Å². The minimum absolute atomic E-state index is 0.108. The summed E-state index contributed by atoms with van der Waals surface area (Å²) >= 11 is 0. The van der Waals surface area contributed by atoms with Crippen molar-refractivity contribution in [3.05, 3.63) is 204 Å². The summed E-state index contributed by atoms with van der Waals surface area (Å²) in [7, 11) is 0. The van der Waals surface area contributed by atoms with Gasteiger partial charge in [-0.15, -0.1) is 0 Å². The van der Waals surface area contributed by atoms with Crippen LogP contribution in [0.3, 0.4) is 0 Å². The molecule has 0 unspecified atom stereocenters.